The molecule has 0 bridgehead atoms. The van der Waals surface area contributed by atoms with Crippen LogP contribution < -0.4 is 10.2 Å². The van der Waals surface area contributed by atoms with Gasteiger partial charge in [-0.05, 0) is 63.1 Å². The number of nitrogens with zero attached hydrogens (tertiary/aromatic N) is 3. The topological polar surface area (TPSA) is 89.0 Å². The number of amidine groups is 1. The van der Waals surface area contributed by atoms with Crippen LogP contribution in [0.2, 0.25) is 0 Å². The highest BCUT2D eigenvalue weighted by atomic mass is 16.6. The predicted molar refractivity (Wildman–Crippen MR) is 137 cm³/mol. The van der Waals surface area contributed by atoms with E-state index in [2.05, 4.69) is 22.0 Å². The molecule has 35 heavy (non-hydrogen) atoms. The van der Waals surface area contributed by atoms with Crippen molar-refractivity contribution < 1.29 is 14.3 Å². The fourth-order valence-corrected chi connectivity index (χ4v) is 4.99. The molecule has 2 atom stereocenters. The summed E-state index contributed by atoms with van der Waals surface area (Å²) in [6.07, 6.45) is 1.76. The quantitative estimate of drug-likeness (QED) is 0.508. The van der Waals surface area contributed by atoms with Crippen molar-refractivity contribution in [2.45, 2.75) is 38.8 Å². The lowest BCUT2D eigenvalue weighted by Crippen LogP contribution is -2.55. The summed E-state index contributed by atoms with van der Waals surface area (Å²) in [5, 5.41) is 10.9. The Kier molecular flexibility index (Phi) is 8.02. The molecule has 2 N–H and O–H groups in total. The Hall–Kier alpha value is -3.39. The normalized spacial score (nSPS) is 20.9. The van der Waals surface area contributed by atoms with Gasteiger partial charge in [-0.1, -0.05) is 18.2 Å². The Morgan fingerprint density at radius 1 is 0.971 bits per heavy atom. The molecule has 2 unspecified atom stereocenters. The van der Waals surface area contributed by atoms with Crippen LogP contribution in [0.5, 0.6) is 0 Å². The fraction of sp³-hybridized carbons (Fsp3) is 0.444. The summed E-state index contributed by atoms with van der Waals surface area (Å²) in [7, 11) is 0. The molecule has 8 nitrogen and oxygen atoms in total. The summed E-state index contributed by atoms with van der Waals surface area (Å²) in [6.45, 7) is 8.97. The van der Waals surface area contributed by atoms with Gasteiger partial charge in [-0.25, -0.2) is 4.79 Å². The van der Waals surface area contributed by atoms with Crippen LogP contribution in [-0.4, -0.2) is 79.1 Å². The Balaban J connectivity index is 1.26. The Morgan fingerprint density at radius 2 is 1.66 bits per heavy atom. The Labute approximate surface area is 207 Å². The molecule has 0 spiro atoms. The highest BCUT2D eigenvalue weighted by molar-refractivity contribution is 6.11. The Bertz CT molecular complexity index is 1020. The number of amides is 2. The van der Waals surface area contributed by atoms with Crippen LogP contribution in [0.25, 0.3) is 0 Å². The SMILES string of the molecule is CCOC(=O)N1CCC(N2CCN(c3ccc(C(=N)NC(=O)c4ccccc4)cc3)CC2)CC1C. The molecule has 4 rings (SSSR count). The van der Waals surface area contributed by atoms with Gasteiger partial charge in [-0.3, -0.25) is 15.1 Å². The monoisotopic (exact) mass is 477 g/mol. The summed E-state index contributed by atoms with van der Waals surface area (Å²) in [4.78, 5) is 31.2. The van der Waals surface area contributed by atoms with E-state index in [4.69, 9.17) is 10.1 Å². The van der Waals surface area contributed by atoms with E-state index in [1.54, 1.807) is 24.3 Å². The summed E-state index contributed by atoms with van der Waals surface area (Å²) >= 11 is 0. The van der Waals surface area contributed by atoms with E-state index in [-0.39, 0.29) is 23.9 Å². The summed E-state index contributed by atoms with van der Waals surface area (Å²) in [5.41, 5.74) is 2.34. The maximum Gasteiger partial charge on any atom is 0.409 e. The molecule has 8 heteroatoms. The van der Waals surface area contributed by atoms with Gasteiger partial charge < -0.3 is 19.9 Å². The first-order chi connectivity index (χ1) is 17.0. The van der Waals surface area contributed by atoms with Crippen LogP contribution in [0.15, 0.2) is 54.6 Å². The number of nitrogens with one attached hydrogen (secondary N) is 2. The second-order valence-electron chi connectivity index (χ2n) is 9.18. The van der Waals surface area contributed by atoms with Crippen LogP contribution >= 0.6 is 0 Å². The average molecular weight is 478 g/mol. The largest absolute Gasteiger partial charge is 0.450 e. The zero-order chi connectivity index (χ0) is 24.8. The fourth-order valence-electron chi connectivity index (χ4n) is 4.99. The third-order valence-electron chi connectivity index (χ3n) is 6.98. The molecule has 2 heterocycles. The molecule has 2 aliphatic heterocycles. The smallest absolute Gasteiger partial charge is 0.409 e. The minimum atomic E-state index is -0.279. The van der Waals surface area contributed by atoms with Crippen LogP contribution in [-0.2, 0) is 4.74 Å². The van der Waals surface area contributed by atoms with Crippen molar-refractivity contribution in [3.63, 3.8) is 0 Å². The van der Waals surface area contributed by atoms with E-state index in [9.17, 15) is 9.59 Å². The highest BCUT2D eigenvalue weighted by Crippen LogP contribution is 2.25. The Morgan fingerprint density at radius 3 is 2.29 bits per heavy atom. The molecule has 2 aliphatic rings. The van der Waals surface area contributed by atoms with Crippen molar-refractivity contribution in [3.8, 4) is 0 Å². The number of hydrogen-bond donors (Lipinski definition) is 2. The third kappa shape index (κ3) is 6.00. The molecule has 2 saturated heterocycles. The van der Waals surface area contributed by atoms with Gasteiger partial charge in [0, 0.05) is 61.6 Å². The number of rotatable bonds is 5. The van der Waals surface area contributed by atoms with Crippen LogP contribution in [0.1, 0.15) is 42.6 Å². The standard InChI is InChI=1S/C27H35N5O3/c1-3-35-27(34)32-14-13-24(19-20(32)2)31-17-15-30(16-18-31)23-11-9-21(10-12-23)25(28)29-26(33)22-7-5-4-6-8-22/h4-12,20,24H,3,13-19H2,1-2H3,(H2,28,29,33). The number of piperidine rings is 1. The number of likely N-dealkylation sites (tertiary alicyclic amines) is 1. The number of anilines is 1. The average Bonchev–Trinajstić information content (AvgIpc) is 2.89. The minimum absolute atomic E-state index is 0.0958. The molecular formula is C27H35N5O3. The molecule has 2 amide bonds. The first kappa shape index (κ1) is 24.7. The van der Waals surface area contributed by atoms with Crippen LogP contribution in [0.4, 0.5) is 10.5 Å². The van der Waals surface area contributed by atoms with Gasteiger partial charge in [0.25, 0.3) is 5.91 Å². The van der Waals surface area contributed by atoms with E-state index < -0.39 is 0 Å². The molecule has 186 valence electrons. The van der Waals surface area contributed by atoms with Gasteiger partial charge in [0.2, 0.25) is 0 Å². The lowest BCUT2D eigenvalue weighted by Gasteiger charge is -2.45. The van der Waals surface area contributed by atoms with Crippen molar-refractivity contribution >= 4 is 23.5 Å². The van der Waals surface area contributed by atoms with Gasteiger partial charge in [0.15, 0.2) is 0 Å². The molecule has 0 aromatic heterocycles. The number of carbonyl (C=O) groups excluding carboxylic acids is 2. The van der Waals surface area contributed by atoms with E-state index in [0.717, 1.165) is 51.3 Å². The van der Waals surface area contributed by atoms with Crippen molar-refractivity contribution in [2.24, 2.45) is 0 Å². The second kappa shape index (κ2) is 11.4. The number of carbonyl (C=O) groups is 2. The van der Waals surface area contributed by atoms with Gasteiger partial charge in [-0.2, -0.15) is 0 Å². The number of hydrogen-bond acceptors (Lipinski definition) is 6. The zero-order valence-electron chi connectivity index (χ0n) is 20.6. The number of piperazine rings is 1. The maximum absolute atomic E-state index is 12.3. The molecule has 2 fully saturated rings. The van der Waals surface area contributed by atoms with Gasteiger partial charge in [0.05, 0.1) is 6.61 Å². The van der Waals surface area contributed by atoms with Crippen molar-refractivity contribution in [1.82, 2.24) is 15.1 Å². The van der Waals surface area contributed by atoms with Crippen LogP contribution in [0, 0.1) is 5.41 Å². The molecule has 0 radical (unpaired) electrons. The van der Waals surface area contributed by atoms with Gasteiger partial charge in [0.1, 0.15) is 5.84 Å². The summed E-state index contributed by atoms with van der Waals surface area (Å²) in [6, 6.07) is 17.4. The minimum Gasteiger partial charge on any atom is -0.450 e. The molecule has 0 saturated carbocycles. The maximum atomic E-state index is 12.3. The third-order valence-corrected chi connectivity index (χ3v) is 6.98. The van der Waals surface area contributed by atoms with E-state index >= 15 is 0 Å². The number of benzene rings is 2. The van der Waals surface area contributed by atoms with E-state index in [1.165, 1.54) is 0 Å². The molecule has 2 aromatic carbocycles. The zero-order valence-corrected chi connectivity index (χ0v) is 20.6. The molecular weight excluding hydrogens is 442 g/mol. The van der Waals surface area contributed by atoms with E-state index in [1.807, 2.05) is 42.2 Å². The van der Waals surface area contributed by atoms with Crippen molar-refractivity contribution in [2.75, 3.05) is 44.2 Å². The van der Waals surface area contributed by atoms with E-state index in [0.29, 0.717) is 23.8 Å². The van der Waals surface area contributed by atoms with Crippen molar-refractivity contribution in [1.29, 1.82) is 5.41 Å². The predicted octanol–water partition coefficient (Wildman–Crippen LogP) is 3.57. The lowest BCUT2D eigenvalue weighted by molar-refractivity contribution is 0.0490. The number of ether oxygens (including phenoxy) is 1. The lowest BCUT2D eigenvalue weighted by atomic mass is 9.96. The van der Waals surface area contributed by atoms with Crippen LogP contribution in [0.3, 0.4) is 0 Å². The first-order valence-electron chi connectivity index (χ1n) is 12.4. The molecule has 2 aromatic rings. The van der Waals surface area contributed by atoms with Gasteiger partial charge in [-0.15, -0.1) is 0 Å². The van der Waals surface area contributed by atoms with Gasteiger partial charge >= 0.3 is 6.09 Å². The second-order valence-corrected chi connectivity index (χ2v) is 9.18. The summed E-state index contributed by atoms with van der Waals surface area (Å²) in [5.74, 6) is -0.184. The first-order valence-corrected chi connectivity index (χ1v) is 12.4. The van der Waals surface area contributed by atoms with Crippen molar-refractivity contribution in [3.05, 3.63) is 65.7 Å². The highest BCUT2D eigenvalue weighted by Gasteiger charge is 2.33. The summed E-state index contributed by atoms with van der Waals surface area (Å²) < 4.78 is 5.19. The molecule has 0 aliphatic carbocycles.